The molecule has 1 aliphatic rings. The Bertz CT molecular complexity index is 476. The largest absolute Gasteiger partial charge is 0.503 e. The van der Waals surface area contributed by atoms with Gasteiger partial charge in [-0.15, -0.1) is 0 Å². The van der Waals surface area contributed by atoms with Gasteiger partial charge >= 0.3 is 0 Å². The standard InChI is InChI=1S/C17H27BrN2O2/c1-3-5-6-15(20-9-7-19-8-10-20)13-11-14(18)17(21)16(12-13)22-4-2/h11-12,15,19,21H,3-10H2,1-2H3/t15-/m1/s1. The number of unbranched alkanes of at least 4 members (excludes halogenated alkanes) is 1. The average molecular weight is 371 g/mol. The second-order valence-electron chi connectivity index (χ2n) is 5.73. The molecule has 1 atom stereocenters. The number of phenols is 1. The first-order valence-corrected chi connectivity index (χ1v) is 9.06. The van der Waals surface area contributed by atoms with Crippen molar-refractivity contribution >= 4 is 15.9 Å². The van der Waals surface area contributed by atoms with Gasteiger partial charge in [-0.1, -0.05) is 19.8 Å². The van der Waals surface area contributed by atoms with E-state index < -0.39 is 0 Å². The van der Waals surface area contributed by atoms with Gasteiger partial charge in [0.2, 0.25) is 0 Å². The van der Waals surface area contributed by atoms with Crippen LogP contribution < -0.4 is 10.1 Å². The summed E-state index contributed by atoms with van der Waals surface area (Å²) in [6.45, 7) is 8.93. The molecule has 0 radical (unpaired) electrons. The van der Waals surface area contributed by atoms with Gasteiger partial charge in [-0.2, -0.15) is 0 Å². The molecule has 1 heterocycles. The molecule has 4 nitrogen and oxygen atoms in total. The van der Waals surface area contributed by atoms with E-state index in [2.05, 4.69) is 33.1 Å². The summed E-state index contributed by atoms with van der Waals surface area (Å²) < 4.78 is 6.30. The lowest BCUT2D eigenvalue weighted by atomic mass is 9.98. The van der Waals surface area contributed by atoms with E-state index in [0.29, 0.717) is 22.9 Å². The van der Waals surface area contributed by atoms with Crippen LogP contribution in [0.15, 0.2) is 16.6 Å². The average Bonchev–Trinajstić information content (AvgIpc) is 2.53. The molecule has 0 aromatic heterocycles. The molecule has 0 aliphatic carbocycles. The van der Waals surface area contributed by atoms with Crippen LogP contribution in [0, 0.1) is 0 Å². The number of rotatable bonds is 7. The molecule has 1 aromatic carbocycles. The van der Waals surface area contributed by atoms with E-state index in [0.717, 1.165) is 32.6 Å². The first kappa shape index (κ1) is 17.6. The van der Waals surface area contributed by atoms with Crippen LogP contribution in [-0.4, -0.2) is 42.8 Å². The van der Waals surface area contributed by atoms with Crippen molar-refractivity contribution in [1.82, 2.24) is 10.2 Å². The van der Waals surface area contributed by atoms with Gasteiger partial charge in [0.1, 0.15) is 0 Å². The number of piperazine rings is 1. The first-order chi connectivity index (χ1) is 10.7. The zero-order valence-corrected chi connectivity index (χ0v) is 15.2. The topological polar surface area (TPSA) is 44.7 Å². The van der Waals surface area contributed by atoms with E-state index in [1.807, 2.05) is 19.1 Å². The molecule has 0 spiro atoms. The summed E-state index contributed by atoms with van der Waals surface area (Å²) in [5.41, 5.74) is 1.23. The van der Waals surface area contributed by atoms with Crippen LogP contribution in [0.3, 0.4) is 0 Å². The van der Waals surface area contributed by atoms with E-state index in [1.165, 1.54) is 18.4 Å². The molecule has 0 bridgehead atoms. The van der Waals surface area contributed by atoms with E-state index in [4.69, 9.17) is 4.74 Å². The van der Waals surface area contributed by atoms with E-state index in [-0.39, 0.29) is 5.75 Å². The number of hydrogen-bond acceptors (Lipinski definition) is 4. The van der Waals surface area contributed by atoms with Gasteiger partial charge in [-0.3, -0.25) is 4.90 Å². The Kier molecular flexibility index (Phi) is 6.99. The van der Waals surface area contributed by atoms with Crippen molar-refractivity contribution in [3.8, 4) is 11.5 Å². The molecular weight excluding hydrogens is 344 g/mol. The van der Waals surface area contributed by atoms with Gasteiger partial charge in [0, 0.05) is 32.2 Å². The maximum atomic E-state index is 10.1. The third-order valence-corrected chi connectivity index (χ3v) is 4.76. The van der Waals surface area contributed by atoms with E-state index >= 15 is 0 Å². The molecule has 2 N–H and O–H groups in total. The summed E-state index contributed by atoms with van der Waals surface area (Å²) in [4.78, 5) is 2.54. The quantitative estimate of drug-likeness (QED) is 0.767. The molecule has 1 aliphatic heterocycles. The summed E-state index contributed by atoms with van der Waals surface area (Å²) in [6.07, 6.45) is 3.54. The third-order valence-electron chi connectivity index (χ3n) is 4.16. The van der Waals surface area contributed by atoms with Crippen molar-refractivity contribution in [2.24, 2.45) is 0 Å². The van der Waals surface area contributed by atoms with Gasteiger partial charge in [0.15, 0.2) is 11.5 Å². The zero-order chi connectivity index (χ0) is 15.9. The Morgan fingerprint density at radius 1 is 1.32 bits per heavy atom. The fraction of sp³-hybridized carbons (Fsp3) is 0.647. The number of phenolic OH excluding ortho intramolecular Hbond substituents is 1. The number of halogens is 1. The molecule has 5 heteroatoms. The number of hydrogen-bond donors (Lipinski definition) is 2. The van der Waals surface area contributed by atoms with Crippen LogP contribution in [-0.2, 0) is 0 Å². The van der Waals surface area contributed by atoms with Gasteiger partial charge < -0.3 is 15.2 Å². The zero-order valence-electron chi connectivity index (χ0n) is 13.6. The van der Waals surface area contributed by atoms with E-state index in [1.54, 1.807) is 0 Å². The van der Waals surface area contributed by atoms with Gasteiger partial charge in [-0.05, 0) is 47.0 Å². The van der Waals surface area contributed by atoms with Crippen molar-refractivity contribution < 1.29 is 9.84 Å². The van der Waals surface area contributed by atoms with Crippen LogP contribution in [0.25, 0.3) is 0 Å². The minimum Gasteiger partial charge on any atom is -0.503 e. The fourth-order valence-electron chi connectivity index (χ4n) is 3.00. The summed E-state index contributed by atoms with van der Waals surface area (Å²) >= 11 is 3.47. The number of aromatic hydroxyl groups is 1. The Morgan fingerprint density at radius 2 is 2.05 bits per heavy atom. The Labute approximate surface area is 142 Å². The van der Waals surface area contributed by atoms with Crippen LogP contribution in [0.5, 0.6) is 11.5 Å². The molecular formula is C17H27BrN2O2. The maximum absolute atomic E-state index is 10.1. The molecule has 22 heavy (non-hydrogen) atoms. The van der Waals surface area contributed by atoms with Crippen LogP contribution >= 0.6 is 15.9 Å². The molecule has 124 valence electrons. The Hall–Kier alpha value is -0.780. The minimum absolute atomic E-state index is 0.195. The van der Waals surface area contributed by atoms with Crippen LogP contribution in [0.1, 0.15) is 44.7 Å². The predicted molar refractivity (Wildman–Crippen MR) is 93.7 cm³/mol. The lowest BCUT2D eigenvalue weighted by molar-refractivity contribution is 0.162. The third kappa shape index (κ3) is 4.37. The van der Waals surface area contributed by atoms with Gasteiger partial charge in [0.05, 0.1) is 11.1 Å². The molecule has 0 saturated carbocycles. The molecule has 0 unspecified atom stereocenters. The van der Waals surface area contributed by atoms with Crippen molar-refractivity contribution in [2.45, 2.75) is 39.2 Å². The summed E-state index contributed by atoms with van der Waals surface area (Å²) in [5, 5.41) is 13.5. The number of nitrogens with one attached hydrogen (secondary N) is 1. The van der Waals surface area contributed by atoms with E-state index in [9.17, 15) is 5.11 Å². The highest BCUT2D eigenvalue weighted by molar-refractivity contribution is 9.10. The summed E-state index contributed by atoms with van der Waals surface area (Å²) in [5.74, 6) is 0.767. The lowest BCUT2D eigenvalue weighted by Crippen LogP contribution is -2.45. The maximum Gasteiger partial charge on any atom is 0.172 e. The monoisotopic (exact) mass is 370 g/mol. The first-order valence-electron chi connectivity index (χ1n) is 8.27. The van der Waals surface area contributed by atoms with Gasteiger partial charge in [-0.25, -0.2) is 0 Å². The molecule has 2 rings (SSSR count). The van der Waals surface area contributed by atoms with Crippen molar-refractivity contribution in [3.63, 3.8) is 0 Å². The summed E-state index contributed by atoms with van der Waals surface area (Å²) in [7, 11) is 0. The highest BCUT2D eigenvalue weighted by Gasteiger charge is 2.23. The van der Waals surface area contributed by atoms with Gasteiger partial charge in [0.25, 0.3) is 0 Å². The molecule has 1 fully saturated rings. The SMILES string of the molecule is CCCC[C@H](c1cc(Br)c(O)c(OCC)c1)N1CCNCC1. The van der Waals surface area contributed by atoms with Crippen LogP contribution in [0.2, 0.25) is 0 Å². The van der Waals surface area contributed by atoms with Crippen molar-refractivity contribution in [1.29, 1.82) is 0 Å². The second-order valence-corrected chi connectivity index (χ2v) is 6.58. The Morgan fingerprint density at radius 3 is 2.68 bits per heavy atom. The smallest absolute Gasteiger partial charge is 0.172 e. The highest BCUT2D eigenvalue weighted by atomic mass is 79.9. The fourth-order valence-corrected chi connectivity index (χ4v) is 3.46. The number of ether oxygens (including phenoxy) is 1. The number of benzene rings is 1. The predicted octanol–water partition coefficient (Wildman–Crippen LogP) is 3.69. The van der Waals surface area contributed by atoms with Crippen molar-refractivity contribution in [3.05, 3.63) is 22.2 Å². The normalized spacial score (nSPS) is 17.4. The lowest BCUT2D eigenvalue weighted by Gasteiger charge is -2.35. The molecule has 0 amide bonds. The second kappa shape index (κ2) is 8.75. The molecule has 1 saturated heterocycles. The number of nitrogens with zero attached hydrogens (tertiary/aromatic N) is 1. The Balaban J connectivity index is 2.28. The minimum atomic E-state index is 0.195. The molecule has 1 aromatic rings. The summed E-state index contributed by atoms with van der Waals surface area (Å²) in [6, 6.07) is 4.43. The van der Waals surface area contributed by atoms with Crippen LogP contribution in [0.4, 0.5) is 0 Å². The van der Waals surface area contributed by atoms with Crippen molar-refractivity contribution in [2.75, 3.05) is 32.8 Å². The highest BCUT2D eigenvalue weighted by Crippen LogP contribution is 2.39.